The standard InChI is InChI=1S/C8H10F3N3O/c9-8(10,11)5-15-4-2-7-13-3-1-6(12)14-7/h1,3H,2,4-5H2,(H2,12,13,14). The molecule has 0 aliphatic heterocycles. The van der Waals surface area contributed by atoms with Gasteiger partial charge in [0.05, 0.1) is 6.61 Å². The van der Waals surface area contributed by atoms with E-state index in [0.29, 0.717) is 5.82 Å². The van der Waals surface area contributed by atoms with E-state index >= 15 is 0 Å². The summed E-state index contributed by atoms with van der Waals surface area (Å²) in [7, 11) is 0. The minimum absolute atomic E-state index is 0.0804. The molecule has 1 aromatic heterocycles. The first kappa shape index (κ1) is 11.7. The Balaban J connectivity index is 2.26. The fourth-order valence-electron chi connectivity index (χ4n) is 0.887. The molecule has 0 aliphatic rings. The maximum absolute atomic E-state index is 11.7. The number of ether oxygens (including phenoxy) is 1. The molecule has 84 valence electrons. The number of nitrogens with two attached hydrogens (primary N) is 1. The van der Waals surface area contributed by atoms with Crippen LogP contribution in [0.3, 0.4) is 0 Å². The van der Waals surface area contributed by atoms with Crippen molar-refractivity contribution in [3.05, 3.63) is 18.1 Å². The number of nitrogen functional groups attached to an aromatic ring is 1. The van der Waals surface area contributed by atoms with Gasteiger partial charge in [0.25, 0.3) is 0 Å². The van der Waals surface area contributed by atoms with Gasteiger partial charge in [0.1, 0.15) is 18.2 Å². The minimum atomic E-state index is -4.30. The van der Waals surface area contributed by atoms with Gasteiger partial charge in [-0.2, -0.15) is 13.2 Å². The van der Waals surface area contributed by atoms with Crippen molar-refractivity contribution in [2.75, 3.05) is 18.9 Å². The Kier molecular flexibility index (Phi) is 3.84. The lowest BCUT2D eigenvalue weighted by Gasteiger charge is -2.06. The Bertz CT molecular complexity index is 316. The molecule has 1 heterocycles. The van der Waals surface area contributed by atoms with Crippen molar-refractivity contribution in [1.29, 1.82) is 0 Å². The van der Waals surface area contributed by atoms with E-state index in [2.05, 4.69) is 14.7 Å². The molecule has 0 unspecified atom stereocenters. The van der Waals surface area contributed by atoms with Crippen molar-refractivity contribution >= 4 is 5.82 Å². The molecule has 2 N–H and O–H groups in total. The summed E-state index contributed by atoms with van der Waals surface area (Å²) in [6, 6.07) is 1.50. The zero-order chi connectivity index (χ0) is 11.3. The largest absolute Gasteiger partial charge is 0.411 e. The van der Waals surface area contributed by atoms with Crippen molar-refractivity contribution in [3.63, 3.8) is 0 Å². The highest BCUT2D eigenvalue weighted by atomic mass is 19.4. The highest BCUT2D eigenvalue weighted by molar-refractivity contribution is 5.24. The average Bonchev–Trinajstić information content (AvgIpc) is 2.11. The number of anilines is 1. The first-order chi connectivity index (χ1) is 6.97. The van der Waals surface area contributed by atoms with Crippen LogP contribution in [-0.2, 0) is 11.2 Å². The number of aromatic nitrogens is 2. The number of hydrogen-bond acceptors (Lipinski definition) is 4. The van der Waals surface area contributed by atoms with Gasteiger partial charge in [0.15, 0.2) is 0 Å². The lowest BCUT2D eigenvalue weighted by atomic mass is 10.4. The third-order valence-electron chi connectivity index (χ3n) is 1.46. The van der Waals surface area contributed by atoms with Gasteiger partial charge < -0.3 is 10.5 Å². The molecule has 4 nitrogen and oxygen atoms in total. The molecule has 0 aliphatic carbocycles. The highest BCUT2D eigenvalue weighted by Gasteiger charge is 2.27. The minimum Gasteiger partial charge on any atom is -0.384 e. The summed E-state index contributed by atoms with van der Waals surface area (Å²) in [5, 5.41) is 0. The third kappa shape index (κ3) is 5.16. The van der Waals surface area contributed by atoms with Crippen molar-refractivity contribution in [2.24, 2.45) is 0 Å². The van der Waals surface area contributed by atoms with Gasteiger partial charge in [-0.1, -0.05) is 0 Å². The lowest BCUT2D eigenvalue weighted by Crippen LogP contribution is -2.18. The van der Waals surface area contributed by atoms with Crippen LogP contribution in [0.15, 0.2) is 12.3 Å². The van der Waals surface area contributed by atoms with Crippen LogP contribution in [0, 0.1) is 0 Å². The Labute approximate surface area is 84.3 Å². The number of rotatable bonds is 4. The van der Waals surface area contributed by atoms with Gasteiger partial charge in [-0.3, -0.25) is 0 Å². The zero-order valence-electron chi connectivity index (χ0n) is 7.79. The normalized spacial score (nSPS) is 11.7. The molecule has 1 aromatic rings. The van der Waals surface area contributed by atoms with E-state index < -0.39 is 12.8 Å². The fourth-order valence-corrected chi connectivity index (χ4v) is 0.887. The van der Waals surface area contributed by atoms with E-state index in [0.717, 1.165) is 0 Å². The van der Waals surface area contributed by atoms with Crippen molar-refractivity contribution in [2.45, 2.75) is 12.6 Å². The maximum atomic E-state index is 11.7. The summed E-state index contributed by atoms with van der Waals surface area (Å²) in [6.45, 7) is -1.34. The molecule has 0 atom stereocenters. The van der Waals surface area contributed by atoms with Crippen LogP contribution in [-0.4, -0.2) is 29.4 Å². The Hall–Kier alpha value is -1.37. The van der Waals surface area contributed by atoms with Gasteiger partial charge in [0, 0.05) is 12.6 Å². The average molecular weight is 221 g/mol. The lowest BCUT2D eigenvalue weighted by molar-refractivity contribution is -0.173. The van der Waals surface area contributed by atoms with Gasteiger partial charge in [0.2, 0.25) is 0 Å². The monoisotopic (exact) mass is 221 g/mol. The van der Waals surface area contributed by atoms with E-state index in [4.69, 9.17) is 5.73 Å². The molecule has 1 rings (SSSR count). The zero-order valence-corrected chi connectivity index (χ0v) is 7.79. The van der Waals surface area contributed by atoms with Crippen molar-refractivity contribution < 1.29 is 17.9 Å². The first-order valence-corrected chi connectivity index (χ1v) is 4.19. The fraction of sp³-hybridized carbons (Fsp3) is 0.500. The van der Waals surface area contributed by atoms with Gasteiger partial charge in [-0.05, 0) is 6.07 Å². The molecule has 0 saturated carbocycles. The van der Waals surface area contributed by atoms with Crippen LogP contribution in [0.2, 0.25) is 0 Å². The Morgan fingerprint density at radius 3 is 2.73 bits per heavy atom. The highest BCUT2D eigenvalue weighted by Crippen LogP contribution is 2.14. The summed E-state index contributed by atoms with van der Waals surface area (Å²) in [5.41, 5.74) is 5.36. The molecule has 0 aromatic carbocycles. The molecule has 7 heteroatoms. The number of alkyl halides is 3. The van der Waals surface area contributed by atoms with Crippen LogP contribution in [0.25, 0.3) is 0 Å². The van der Waals surface area contributed by atoms with Crippen molar-refractivity contribution in [1.82, 2.24) is 9.97 Å². The van der Waals surface area contributed by atoms with E-state index in [1.807, 2.05) is 0 Å². The molecule has 0 spiro atoms. The van der Waals surface area contributed by atoms with E-state index in [-0.39, 0.29) is 18.8 Å². The maximum Gasteiger partial charge on any atom is 0.411 e. The third-order valence-corrected chi connectivity index (χ3v) is 1.46. The molecule has 0 radical (unpaired) electrons. The van der Waals surface area contributed by atoms with Crippen LogP contribution >= 0.6 is 0 Å². The summed E-state index contributed by atoms with van der Waals surface area (Å²) >= 11 is 0. The second kappa shape index (κ2) is 4.92. The first-order valence-electron chi connectivity index (χ1n) is 4.19. The van der Waals surface area contributed by atoms with Gasteiger partial charge in [-0.25, -0.2) is 9.97 Å². The molecular formula is C8H10F3N3O. The smallest absolute Gasteiger partial charge is 0.384 e. The van der Waals surface area contributed by atoms with Crippen LogP contribution in [0.1, 0.15) is 5.82 Å². The summed E-state index contributed by atoms with van der Waals surface area (Å²) < 4.78 is 39.4. The number of halogens is 3. The van der Waals surface area contributed by atoms with E-state index in [1.54, 1.807) is 0 Å². The summed E-state index contributed by atoms with van der Waals surface area (Å²) in [6.07, 6.45) is -2.64. The predicted molar refractivity (Wildman–Crippen MR) is 47.0 cm³/mol. The van der Waals surface area contributed by atoms with Crippen molar-refractivity contribution in [3.8, 4) is 0 Å². The second-order valence-electron chi connectivity index (χ2n) is 2.82. The Morgan fingerprint density at radius 2 is 2.13 bits per heavy atom. The van der Waals surface area contributed by atoms with Crippen LogP contribution < -0.4 is 5.73 Å². The van der Waals surface area contributed by atoms with Gasteiger partial charge >= 0.3 is 6.18 Å². The quantitative estimate of drug-likeness (QED) is 0.775. The Morgan fingerprint density at radius 1 is 1.40 bits per heavy atom. The SMILES string of the molecule is Nc1ccnc(CCOCC(F)(F)F)n1. The van der Waals surface area contributed by atoms with Crippen LogP contribution in [0.4, 0.5) is 19.0 Å². The van der Waals surface area contributed by atoms with Gasteiger partial charge in [-0.15, -0.1) is 0 Å². The van der Waals surface area contributed by atoms with E-state index in [1.165, 1.54) is 12.3 Å². The topological polar surface area (TPSA) is 61.0 Å². The van der Waals surface area contributed by atoms with E-state index in [9.17, 15) is 13.2 Å². The molecule has 0 saturated heterocycles. The second-order valence-corrected chi connectivity index (χ2v) is 2.82. The molecule has 15 heavy (non-hydrogen) atoms. The molecule has 0 bridgehead atoms. The number of hydrogen-bond donors (Lipinski definition) is 1. The summed E-state index contributed by atoms with van der Waals surface area (Å²) in [4.78, 5) is 7.63. The van der Waals surface area contributed by atoms with Crippen LogP contribution in [0.5, 0.6) is 0 Å². The molecular weight excluding hydrogens is 211 g/mol. The predicted octanol–water partition coefficient (Wildman–Crippen LogP) is 1.18. The summed E-state index contributed by atoms with van der Waals surface area (Å²) in [5.74, 6) is 0.660. The number of nitrogens with zero attached hydrogens (tertiary/aromatic N) is 2. The molecule has 0 fully saturated rings. The molecule has 0 amide bonds.